The first-order valence-corrected chi connectivity index (χ1v) is 7.23. The molecule has 96 valence electrons. The fraction of sp³-hybridized carbons (Fsp3) is 0.286. The van der Waals surface area contributed by atoms with Crippen molar-refractivity contribution in [2.24, 2.45) is 5.73 Å². The van der Waals surface area contributed by atoms with Gasteiger partial charge in [-0.15, -0.1) is 11.3 Å². The van der Waals surface area contributed by atoms with Gasteiger partial charge in [-0.1, -0.05) is 41.9 Å². The predicted octanol–water partition coefficient (Wildman–Crippen LogP) is 3.36. The zero-order valence-electron chi connectivity index (χ0n) is 10.2. The van der Waals surface area contributed by atoms with Crippen molar-refractivity contribution in [3.05, 3.63) is 57.2 Å². The van der Waals surface area contributed by atoms with Gasteiger partial charge in [-0.05, 0) is 11.6 Å². The fourth-order valence-corrected chi connectivity index (χ4v) is 3.01. The van der Waals surface area contributed by atoms with Crippen LogP contribution in [0.1, 0.15) is 10.4 Å². The Bertz CT molecular complexity index is 470. The van der Waals surface area contributed by atoms with E-state index in [2.05, 4.69) is 29.2 Å². The van der Waals surface area contributed by atoms with Crippen molar-refractivity contribution in [2.45, 2.75) is 13.1 Å². The molecule has 4 heteroatoms. The van der Waals surface area contributed by atoms with Crippen LogP contribution < -0.4 is 5.73 Å². The minimum atomic E-state index is 0.673. The number of nitrogens with two attached hydrogens (primary N) is 1. The number of thiophene rings is 1. The highest BCUT2D eigenvalue weighted by Crippen LogP contribution is 2.21. The van der Waals surface area contributed by atoms with E-state index >= 15 is 0 Å². The second-order valence-corrected chi connectivity index (χ2v) is 5.65. The maximum absolute atomic E-state index is 5.95. The molecule has 0 aliphatic heterocycles. The molecule has 1 aromatic heterocycles. The molecule has 0 atom stereocenters. The smallest absolute Gasteiger partial charge is 0.0516 e. The van der Waals surface area contributed by atoms with E-state index in [9.17, 15) is 0 Å². The van der Waals surface area contributed by atoms with Crippen LogP contribution in [0.3, 0.4) is 0 Å². The Morgan fingerprint density at radius 1 is 1.17 bits per heavy atom. The molecule has 0 aliphatic rings. The summed E-state index contributed by atoms with van der Waals surface area (Å²) in [5.74, 6) is 0. The molecule has 0 bridgehead atoms. The summed E-state index contributed by atoms with van der Waals surface area (Å²) >= 11 is 7.65. The first-order chi connectivity index (χ1) is 8.78. The van der Waals surface area contributed by atoms with Crippen molar-refractivity contribution >= 4 is 22.9 Å². The van der Waals surface area contributed by atoms with E-state index in [1.807, 2.05) is 17.5 Å². The quantitative estimate of drug-likeness (QED) is 0.879. The molecule has 0 saturated carbocycles. The van der Waals surface area contributed by atoms with Gasteiger partial charge >= 0.3 is 0 Å². The lowest BCUT2D eigenvalue weighted by molar-refractivity contribution is 0.267. The van der Waals surface area contributed by atoms with Gasteiger partial charge in [0.25, 0.3) is 0 Å². The molecule has 2 aromatic rings. The summed E-state index contributed by atoms with van der Waals surface area (Å²) in [5.41, 5.74) is 6.99. The van der Waals surface area contributed by atoms with Gasteiger partial charge in [0, 0.05) is 36.4 Å². The SMILES string of the molecule is NCCN(Cc1ccccc1)Cc1cc(Cl)cs1. The number of benzene rings is 1. The van der Waals surface area contributed by atoms with Gasteiger partial charge in [0.2, 0.25) is 0 Å². The van der Waals surface area contributed by atoms with Crippen molar-refractivity contribution in [3.8, 4) is 0 Å². The third-order valence-electron chi connectivity index (χ3n) is 2.70. The molecule has 2 rings (SSSR count). The van der Waals surface area contributed by atoms with Crippen LogP contribution in [0.4, 0.5) is 0 Å². The van der Waals surface area contributed by atoms with E-state index < -0.39 is 0 Å². The maximum atomic E-state index is 5.95. The molecule has 18 heavy (non-hydrogen) atoms. The van der Waals surface area contributed by atoms with Gasteiger partial charge < -0.3 is 5.73 Å². The minimum absolute atomic E-state index is 0.673. The second kappa shape index (κ2) is 6.90. The second-order valence-electron chi connectivity index (χ2n) is 4.22. The normalized spacial score (nSPS) is 11.1. The van der Waals surface area contributed by atoms with Crippen molar-refractivity contribution in [1.29, 1.82) is 0 Å². The molecule has 1 heterocycles. The number of hydrogen-bond donors (Lipinski definition) is 1. The predicted molar refractivity (Wildman–Crippen MR) is 78.9 cm³/mol. The Morgan fingerprint density at radius 3 is 2.56 bits per heavy atom. The average molecular weight is 281 g/mol. The van der Waals surface area contributed by atoms with Gasteiger partial charge in [-0.25, -0.2) is 0 Å². The third-order valence-corrected chi connectivity index (χ3v) is 3.96. The molecular weight excluding hydrogens is 264 g/mol. The Hall–Kier alpha value is -0.870. The van der Waals surface area contributed by atoms with E-state index in [0.29, 0.717) is 6.54 Å². The van der Waals surface area contributed by atoms with Crippen molar-refractivity contribution in [3.63, 3.8) is 0 Å². The summed E-state index contributed by atoms with van der Waals surface area (Å²) in [5, 5.41) is 2.79. The zero-order chi connectivity index (χ0) is 12.8. The van der Waals surface area contributed by atoms with E-state index in [1.165, 1.54) is 10.4 Å². The van der Waals surface area contributed by atoms with Gasteiger partial charge in [0.05, 0.1) is 5.02 Å². The van der Waals surface area contributed by atoms with Crippen LogP contribution in [-0.2, 0) is 13.1 Å². The molecule has 2 nitrogen and oxygen atoms in total. The molecule has 1 aromatic carbocycles. The lowest BCUT2D eigenvalue weighted by Gasteiger charge is -2.20. The molecule has 0 spiro atoms. The summed E-state index contributed by atoms with van der Waals surface area (Å²) in [6.07, 6.45) is 0. The van der Waals surface area contributed by atoms with Crippen molar-refractivity contribution in [1.82, 2.24) is 4.90 Å². The molecule has 0 unspecified atom stereocenters. The highest BCUT2D eigenvalue weighted by atomic mass is 35.5. The Labute approximate surface area is 117 Å². The highest BCUT2D eigenvalue weighted by Gasteiger charge is 2.07. The van der Waals surface area contributed by atoms with Gasteiger partial charge in [-0.3, -0.25) is 4.90 Å². The highest BCUT2D eigenvalue weighted by molar-refractivity contribution is 7.10. The number of halogens is 1. The van der Waals surface area contributed by atoms with Crippen LogP contribution in [0.25, 0.3) is 0 Å². The summed E-state index contributed by atoms with van der Waals surface area (Å²) in [6, 6.07) is 12.5. The van der Waals surface area contributed by atoms with Crippen LogP contribution in [0.15, 0.2) is 41.8 Å². The zero-order valence-corrected chi connectivity index (χ0v) is 11.8. The molecule has 0 radical (unpaired) electrons. The van der Waals surface area contributed by atoms with Gasteiger partial charge in [0.1, 0.15) is 0 Å². The summed E-state index contributed by atoms with van der Waals surface area (Å²) < 4.78 is 0. The summed E-state index contributed by atoms with van der Waals surface area (Å²) in [4.78, 5) is 3.63. The Kier molecular flexibility index (Phi) is 5.20. The number of rotatable bonds is 6. The fourth-order valence-electron chi connectivity index (χ4n) is 1.90. The van der Waals surface area contributed by atoms with Crippen LogP contribution in [0.5, 0.6) is 0 Å². The molecule has 0 amide bonds. The van der Waals surface area contributed by atoms with Gasteiger partial charge in [0.15, 0.2) is 0 Å². The first kappa shape index (κ1) is 13.6. The molecule has 2 N–H and O–H groups in total. The third kappa shape index (κ3) is 4.10. The molecule has 0 aliphatic carbocycles. The lowest BCUT2D eigenvalue weighted by Crippen LogP contribution is -2.28. The van der Waals surface area contributed by atoms with Gasteiger partial charge in [-0.2, -0.15) is 0 Å². The van der Waals surface area contributed by atoms with Crippen LogP contribution in [-0.4, -0.2) is 18.0 Å². The largest absolute Gasteiger partial charge is 0.329 e. The van der Waals surface area contributed by atoms with E-state index in [0.717, 1.165) is 24.7 Å². The molecular formula is C14H17ClN2S. The van der Waals surface area contributed by atoms with E-state index in [4.69, 9.17) is 17.3 Å². The molecule has 0 fully saturated rings. The van der Waals surface area contributed by atoms with Crippen LogP contribution in [0.2, 0.25) is 5.02 Å². The monoisotopic (exact) mass is 280 g/mol. The van der Waals surface area contributed by atoms with Crippen molar-refractivity contribution < 1.29 is 0 Å². The number of hydrogen-bond acceptors (Lipinski definition) is 3. The van der Waals surface area contributed by atoms with E-state index in [1.54, 1.807) is 11.3 Å². The van der Waals surface area contributed by atoms with E-state index in [-0.39, 0.29) is 0 Å². The summed E-state index contributed by atoms with van der Waals surface area (Å²) in [7, 11) is 0. The number of nitrogens with zero attached hydrogens (tertiary/aromatic N) is 1. The summed E-state index contributed by atoms with van der Waals surface area (Å²) in [6.45, 7) is 3.40. The topological polar surface area (TPSA) is 29.3 Å². The van der Waals surface area contributed by atoms with Crippen LogP contribution in [0, 0.1) is 0 Å². The van der Waals surface area contributed by atoms with Crippen LogP contribution >= 0.6 is 22.9 Å². The maximum Gasteiger partial charge on any atom is 0.0516 e. The minimum Gasteiger partial charge on any atom is -0.329 e. The lowest BCUT2D eigenvalue weighted by atomic mass is 10.2. The Balaban J connectivity index is 1.99. The standard InChI is InChI=1S/C14H17ClN2S/c15-13-8-14(18-11-13)10-17(7-6-16)9-12-4-2-1-3-5-12/h1-5,8,11H,6-7,9-10,16H2. The Morgan fingerprint density at radius 2 is 1.94 bits per heavy atom. The van der Waals surface area contributed by atoms with Crippen molar-refractivity contribution in [2.75, 3.05) is 13.1 Å². The first-order valence-electron chi connectivity index (χ1n) is 5.97. The molecule has 0 saturated heterocycles. The average Bonchev–Trinajstić information content (AvgIpc) is 2.76.